The van der Waals surface area contributed by atoms with Gasteiger partial charge < -0.3 is 9.47 Å². The molecule has 0 aliphatic rings. The minimum absolute atomic E-state index is 0.152. The molecule has 0 spiro atoms. The molecule has 1 heterocycles. The van der Waals surface area contributed by atoms with Crippen LogP contribution in [0.4, 0.5) is 0 Å². The second kappa shape index (κ2) is 6.37. The van der Waals surface area contributed by atoms with E-state index in [0.717, 1.165) is 5.56 Å². The molecule has 8 heteroatoms. The molecule has 120 valence electrons. The van der Waals surface area contributed by atoms with Crippen molar-refractivity contribution in [2.24, 2.45) is 7.05 Å². The van der Waals surface area contributed by atoms with Gasteiger partial charge in [-0.15, -0.1) is 0 Å². The fourth-order valence-electron chi connectivity index (χ4n) is 2.12. The van der Waals surface area contributed by atoms with Gasteiger partial charge in [-0.05, 0) is 6.07 Å². The van der Waals surface area contributed by atoms with E-state index < -0.39 is 10.0 Å². The molecule has 0 aliphatic heterocycles. The second-order valence-corrected chi connectivity index (χ2v) is 6.81. The lowest BCUT2D eigenvalue weighted by Gasteiger charge is -2.19. The number of nitrogens with zero attached hydrogens (tertiary/aromatic N) is 3. The molecule has 0 saturated carbocycles. The Hall–Kier alpha value is -2.06. The maximum atomic E-state index is 12.5. The van der Waals surface area contributed by atoms with E-state index in [0.29, 0.717) is 11.5 Å². The lowest BCUT2D eigenvalue weighted by molar-refractivity contribution is 0.347. The molecule has 2 aromatic rings. The molecule has 0 saturated heterocycles. The van der Waals surface area contributed by atoms with Gasteiger partial charge in [0.15, 0.2) is 11.5 Å². The average Bonchev–Trinajstić information content (AvgIpc) is 2.94. The molecule has 0 radical (unpaired) electrons. The fraction of sp³-hybridized carbons (Fsp3) is 0.357. The van der Waals surface area contributed by atoms with Gasteiger partial charge in [0.2, 0.25) is 10.0 Å². The summed E-state index contributed by atoms with van der Waals surface area (Å²) < 4.78 is 38.3. The molecule has 0 aliphatic carbocycles. The minimum atomic E-state index is -3.61. The second-order valence-electron chi connectivity index (χ2n) is 4.76. The van der Waals surface area contributed by atoms with Gasteiger partial charge in [-0.2, -0.15) is 9.40 Å². The highest BCUT2D eigenvalue weighted by Crippen LogP contribution is 2.32. The van der Waals surface area contributed by atoms with Gasteiger partial charge in [0.1, 0.15) is 4.90 Å². The van der Waals surface area contributed by atoms with Crippen LogP contribution in [0.3, 0.4) is 0 Å². The molecule has 0 amide bonds. The first-order chi connectivity index (χ1) is 10.4. The first-order valence-electron chi connectivity index (χ1n) is 6.55. The summed E-state index contributed by atoms with van der Waals surface area (Å²) in [4.78, 5) is 0.152. The van der Waals surface area contributed by atoms with Crippen molar-refractivity contribution in [2.45, 2.75) is 11.4 Å². The van der Waals surface area contributed by atoms with Crippen LogP contribution >= 0.6 is 0 Å². The summed E-state index contributed by atoms with van der Waals surface area (Å²) in [6.07, 6.45) is 2.79. The summed E-state index contributed by atoms with van der Waals surface area (Å²) >= 11 is 0. The molecule has 0 N–H and O–H groups in total. The zero-order valence-electron chi connectivity index (χ0n) is 13.0. The summed E-state index contributed by atoms with van der Waals surface area (Å²) in [6, 6.07) is 5.36. The predicted octanol–water partition coefficient (Wildman–Crippen LogP) is 1.26. The lowest BCUT2D eigenvalue weighted by Crippen LogP contribution is -2.26. The molecule has 0 unspecified atom stereocenters. The first-order valence-corrected chi connectivity index (χ1v) is 7.99. The Morgan fingerprint density at radius 1 is 1.27 bits per heavy atom. The van der Waals surface area contributed by atoms with E-state index in [1.807, 2.05) is 0 Å². The zero-order valence-corrected chi connectivity index (χ0v) is 13.8. The smallest absolute Gasteiger partial charge is 0.246 e. The highest BCUT2D eigenvalue weighted by Gasteiger charge is 2.24. The van der Waals surface area contributed by atoms with Crippen LogP contribution in [0.15, 0.2) is 35.5 Å². The van der Waals surface area contributed by atoms with E-state index in [1.54, 1.807) is 25.2 Å². The maximum Gasteiger partial charge on any atom is 0.246 e. The van der Waals surface area contributed by atoms with Crippen molar-refractivity contribution in [1.29, 1.82) is 0 Å². The topological polar surface area (TPSA) is 73.7 Å². The lowest BCUT2D eigenvalue weighted by atomic mass is 10.2. The number of sulfonamides is 1. The summed E-state index contributed by atoms with van der Waals surface area (Å²) in [5.41, 5.74) is 0.719. The van der Waals surface area contributed by atoms with Gasteiger partial charge >= 0.3 is 0 Å². The number of benzene rings is 1. The van der Waals surface area contributed by atoms with Crippen molar-refractivity contribution >= 4 is 10.0 Å². The van der Waals surface area contributed by atoms with E-state index in [1.165, 1.54) is 42.6 Å². The number of para-hydroxylation sites is 1. The van der Waals surface area contributed by atoms with Crippen LogP contribution in [0, 0.1) is 0 Å². The van der Waals surface area contributed by atoms with Crippen LogP contribution in [0.2, 0.25) is 0 Å². The van der Waals surface area contributed by atoms with Crippen molar-refractivity contribution in [2.75, 3.05) is 21.3 Å². The van der Waals surface area contributed by atoms with Crippen LogP contribution in [0.25, 0.3) is 0 Å². The Morgan fingerprint density at radius 3 is 2.55 bits per heavy atom. The van der Waals surface area contributed by atoms with Gasteiger partial charge in [-0.1, -0.05) is 12.1 Å². The van der Waals surface area contributed by atoms with E-state index in [4.69, 9.17) is 9.47 Å². The molecule has 7 nitrogen and oxygen atoms in total. The normalized spacial score (nSPS) is 11.7. The number of rotatable bonds is 6. The van der Waals surface area contributed by atoms with Crippen LogP contribution in [0.5, 0.6) is 11.5 Å². The molecule has 22 heavy (non-hydrogen) atoms. The van der Waals surface area contributed by atoms with Gasteiger partial charge in [-0.3, -0.25) is 4.68 Å². The first kappa shape index (κ1) is 16.3. The van der Waals surface area contributed by atoms with Crippen LogP contribution in [-0.2, 0) is 23.6 Å². The third-order valence-electron chi connectivity index (χ3n) is 3.27. The van der Waals surface area contributed by atoms with Gasteiger partial charge in [0.05, 0.1) is 20.4 Å². The van der Waals surface area contributed by atoms with E-state index in [9.17, 15) is 8.42 Å². The minimum Gasteiger partial charge on any atom is -0.493 e. The molecule has 1 aromatic heterocycles. The Labute approximate surface area is 130 Å². The van der Waals surface area contributed by atoms with E-state index in [-0.39, 0.29) is 11.4 Å². The van der Waals surface area contributed by atoms with Crippen molar-refractivity contribution in [3.05, 3.63) is 36.2 Å². The highest BCUT2D eigenvalue weighted by molar-refractivity contribution is 7.89. The number of methoxy groups -OCH3 is 2. The summed E-state index contributed by atoms with van der Waals surface area (Å²) in [7, 11) is 2.64. The molecule has 0 fully saturated rings. The number of hydrogen-bond acceptors (Lipinski definition) is 5. The van der Waals surface area contributed by atoms with Crippen LogP contribution < -0.4 is 9.47 Å². The third-order valence-corrected chi connectivity index (χ3v) is 5.02. The molecule has 0 atom stereocenters. The summed E-state index contributed by atoms with van der Waals surface area (Å²) in [5.74, 6) is 1.09. The maximum absolute atomic E-state index is 12.5. The van der Waals surface area contributed by atoms with Crippen molar-refractivity contribution in [1.82, 2.24) is 14.1 Å². The summed E-state index contributed by atoms with van der Waals surface area (Å²) in [6.45, 7) is 0.164. The van der Waals surface area contributed by atoms with Crippen molar-refractivity contribution in [3.8, 4) is 11.5 Å². The van der Waals surface area contributed by atoms with E-state index >= 15 is 0 Å². The monoisotopic (exact) mass is 325 g/mol. The SMILES string of the molecule is COc1cccc(CN(C)S(=O)(=O)c2cnn(C)c2)c1OC. The third kappa shape index (κ3) is 3.07. The molecular weight excluding hydrogens is 306 g/mol. The molecule has 2 rings (SSSR count). The molecular formula is C14H19N3O4S. The zero-order chi connectivity index (χ0) is 16.3. The number of ether oxygens (including phenoxy) is 2. The molecule has 1 aromatic carbocycles. The highest BCUT2D eigenvalue weighted by atomic mass is 32.2. The van der Waals surface area contributed by atoms with Gasteiger partial charge in [-0.25, -0.2) is 8.42 Å². The number of aryl methyl sites for hydroxylation is 1. The number of aromatic nitrogens is 2. The van der Waals surface area contributed by atoms with E-state index in [2.05, 4.69) is 5.10 Å². The van der Waals surface area contributed by atoms with Gasteiger partial charge in [0, 0.05) is 32.4 Å². The van der Waals surface area contributed by atoms with Crippen molar-refractivity contribution in [3.63, 3.8) is 0 Å². The standard InChI is InChI=1S/C14H19N3O4S/c1-16-10-12(8-15-16)22(18,19)17(2)9-11-6-5-7-13(20-3)14(11)21-4/h5-8,10H,9H2,1-4H3. The molecule has 0 bridgehead atoms. The Balaban J connectivity index is 2.31. The van der Waals surface area contributed by atoms with Crippen LogP contribution in [0.1, 0.15) is 5.56 Å². The predicted molar refractivity (Wildman–Crippen MR) is 81.4 cm³/mol. The average molecular weight is 325 g/mol. The van der Waals surface area contributed by atoms with Crippen molar-refractivity contribution < 1.29 is 17.9 Å². The summed E-state index contributed by atoms with van der Waals surface area (Å²) in [5, 5.41) is 3.90. The number of hydrogen-bond donors (Lipinski definition) is 0. The Morgan fingerprint density at radius 2 is 2.00 bits per heavy atom. The largest absolute Gasteiger partial charge is 0.493 e. The Bertz CT molecular complexity index is 755. The fourth-order valence-corrected chi connectivity index (χ4v) is 3.25. The van der Waals surface area contributed by atoms with Crippen LogP contribution in [-0.4, -0.2) is 43.8 Å². The quantitative estimate of drug-likeness (QED) is 0.799. The van der Waals surface area contributed by atoms with Gasteiger partial charge in [0.25, 0.3) is 0 Å². The Kier molecular flexibility index (Phi) is 4.72.